The Balaban J connectivity index is 2.40. The van der Waals surface area contributed by atoms with Gasteiger partial charge in [0.15, 0.2) is 0 Å². The summed E-state index contributed by atoms with van der Waals surface area (Å²) >= 11 is 5.92. The molecule has 5 nitrogen and oxygen atoms in total. The van der Waals surface area contributed by atoms with Crippen LogP contribution in [0.4, 0.5) is 5.69 Å². The summed E-state index contributed by atoms with van der Waals surface area (Å²) in [6, 6.07) is 4.32. The first kappa shape index (κ1) is 15.8. The predicted octanol–water partition coefficient (Wildman–Crippen LogP) is 4.07. The molecule has 1 aromatic carbocycles. The lowest BCUT2D eigenvalue weighted by atomic mass is 9.67. The molecule has 0 amide bonds. The third-order valence-electron chi connectivity index (χ3n) is 4.31. The lowest BCUT2D eigenvalue weighted by Gasteiger charge is -2.36. The number of carbonyl (C=O) groups is 1. The number of hydrogen-bond acceptors (Lipinski definition) is 3. The normalized spacial score (nSPS) is 25.5. The van der Waals surface area contributed by atoms with Crippen LogP contribution in [0.2, 0.25) is 5.02 Å². The van der Waals surface area contributed by atoms with Gasteiger partial charge in [-0.05, 0) is 37.3 Å². The van der Waals surface area contributed by atoms with Crippen molar-refractivity contribution in [1.82, 2.24) is 0 Å². The minimum absolute atomic E-state index is 0.0572. The summed E-state index contributed by atoms with van der Waals surface area (Å²) in [5.41, 5.74) is -0.574. The van der Waals surface area contributed by atoms with Gasteiger partial charge in [0.05, 0.1) is 10.3 Å². The van der Waals surface area contributed by atoms with Crippen LogP contribution >= 0.6 is 11.6 Å². The van der Waals surface area contributed by atoms with E-state index in [4.69, 9.17) is 11.6 Å². The van der Waals surface area contributed by atoms with Crippen LogP contribution in [0.1, 0.15) is 38.2 Å². The zero-order chi connectivity index (χ0) is 15.6. The number of aliphatic carboxylic acids is 1. The van der Waals surface area contributed by atoms with Crippen LogP contribution in [0, 0.1) is 21.4 Å². The van der Waals surface area contributed by atoms with Gasteiger partial charge in [0.25, 0.3) is 5.69 Å². The third-order valence-corrected chi connectivity index (χ3v) is 4.55. The third kappa shape index (κ3) is 3.35. The minimum atomic E-state index is -0.924. The molecule has 1 fully saturated rings. The zero-order valence-corrected chi connectivity index (χ0v) is 12.6. The Morgan fingerprint density at radius 2 is 2.29 bits per heavy atom. The molecular weight excluding hydrogens is 294 g/mol. The van der Waals surface area contributed by atoms with Crippen molar-refractivity contribution in [3.8, 4) is 0 Å². The Hall–Kier alpha value is -1.62. The monoisotopic (exact) mass is 311 g/mol. The maximum absolute atomic E-state index is 11.8. The Labute approximate surface area is 128 Å². The van der Waals surface area contributed by atoms with E-state index >= 15 is 0 Å². The maximum atomic E-state index is 11.8. The average Bonchev–Trinajstić information content (AvgIpc) is 2.38. The van der Waals surface area contributed by atoms with Crippen molar-refractivity contribution in [3.63, 3.8) is 0 Å². The highest BCUT2D eigenvalue weighted by Gasteiger charge is 2.43. The highest BCUT2D eigenvalue weighted by molar-refractivity contribution is 6.30. The van der Waals surface area contributed by atoms with Crippen molar-refractivity contribution in [2.45, 2.75) is 39.0 Å². The number of carboxylic acids is 1. The van der Waals surface area contributed by atoms with E-state index in [1.807, 2.05) is 6.92 Å². The van der Waals surface area contributed by atoms with E-state index < -0.39 is 16.3 Å². The molecule has 6 heteroatoms. The van der Waals surface area contributed by atoms with Crippen molar-refractivity contribution in [2.24, 2.45) is 11.3 Å². The molecule has 114 valence electrons. The van der Waals surface area contributed by atoms with Crippen LogP contribution in [-0.4, -0.2) is 16.0 Å². The van der Waals surface area contributed by atoms with Crippen molar-refractivity contribution in [2.75, 3.05) is 0 Å². The van der Waals surface area contributed by atoms with E-state index in [0.29, 0.717) is 29.3 Å². The number of benzene rings is 1. The van der Waals surface area contributed by atoms with Gasteiger partial charge in [-0.3, -0.25) is 14.9 Å². The van der Waals surface area contributed by atoms with Gasteiger partial charge >= 0.3 is 5.97 Å². The van der Waals surface area contributed by atoms with Crippen LogP contribution in [0.3, 0.4) is 0 Å². The van der Waals surface area contributed by atoms with Gasteiger partial charge in [-0.25, -0.2) is 0 Å². The SMILES string of the molecule is CC1CCCC(Cc2cc(Cl)ccc2[N+](=O)[O-])(C(=O)O)C1. The highest BCUT2D eigenvalue weighted by atomic mass is 35.5. The molecule has 1 N–H and O–H groups in total. The number of halogens is 1. The molecule has 0 heterocycles. The topological polar surface area (TPSA) is 80.4 Å². The largest absolute Gasteiger partial charge is 0.481 e. The number of rotatable bonds is 4. The fraction of sp³-hybridized carbons (Fsp3) is 0.533. The van der Waals surface area contributed by atoms with E-state index in [2.05, 4.69) is 0 Å². The van der Waals surface area contributed by atoms with Gasteiger partial charge in [-0.15, -0.1) is 0 Å². The first-order valence-corrected chi connectivity index (χ1v) is 7.38. The standard InChI is InChI=1S/C15H18ClNO4/c1-10-3-2-6-15(8-10,14(18)19)9-11-7-12(16)4-5-13(11)17(20)21/h4-5,7,10H,2-3,6,8-9H2,1H3,(H,18,19). The molecule has 1 aromatic rings. The second-order valence-corrected chi connectivity index (χ2v) is 6.43. The highest BCUT2D eigenvalue weighted by Crippen LogP contribution is 2.43. The number of nitro groups is 1. The van der Waals surface area contributed by atoms with Crippen LogP contribution < -0.4 is 0 Å². The van der Waals surface area contributed by atoms with E-state index in [1.165, 1.54) is 18.2 Å². The molecule has 0 aromatic heterocycles. The molecule has 2 rings (SSSR count). The number of nitrogens with zero attached hydrogens (tertiary/aromatic N) is 1. The summed E-state index contributed by atoms with van der Waals surface area (Å²) < 4.78 is 0. The van der Waals surface area contributed by atoms with Gasteiger partial charge < -0.3 is 5.11 Å². The second-order valence-electron chi connectivity index (χ2n) is 5.99. The summed E-state index contributed by atoms with van der Waals surface area (Å²) in [6.45, 7) is 2.03. The smallest absolute Gasteiger partial charge is 0.309 e. The molecular formula is C15H18ClNO4. The van der Waals surface area contributed by atoms with E-state index in [9.17, 15) is 20.0 Å². The summed E-state index contributed by atoms with van der Waals surface area (Å²) in [6.07, 6.45) is 3.10. The van der Waals surface area contributed by atoms with Gasteiger partial charge in [0, 0.05) is 16.7 Å². The molecule has 0 bridgehead atoms. The molecule has 0 aliphatic heterocycles. The Morgan fingerprint density at radius 3 is 2.86 bits per heavy atom. The summed E-state index contributed by atoms with van der Waals surface area (Å²) in [4.78, 5) is 22.4. The quantitative estimate of drug-likeness (QED) is 0.671. The second kappa shape index (κ2) is 6.02. The predicted molar refractivity (Wildman–Crippen MR) is 79.5 cm³/mol. The molecule has 0 spiro atoms. The Bertz CT molecular complexity index is 575. The molecule has 0 saturated heterocycles. The van der Waals surface area contributed by atoms with Crippen molar-refractivity contribution < 1.29 is 14.8 Å². The van der Waals surface area contributed by atoms with Crippen molar-refractivity contribution >= 4 is 23.3 Å². The van der Waals surface area contributed by atoms with Crippen LogP contribution in [0.15, 0.2) is 18.2 Å². The van der Waals surface area contributed by atoms with E-state index in [0.717, 1.165) is 12.8 Å². The lowest BCUT2D eigenvalue weighted by molar-refractivity contribution is -0.385. The molecule has 21 heavy (non-hydrogen) atoms. The molecule has 1 aliphatic carbocycles. The van der Waals surface area contributed by atoms with E-state index in [1.54, 1.807) is 0 Å². The number of carboxylic acid groups (broad SMARTS) is 1. The van der Waals surface area contributed by atoms with Crippen LogP contribution in [0.5, 0.6) is 0 Å². The minimum Gasteiger partial charge on any atom is -0.481 e. The molecule has 2 unspecified atom stereocenters. The van der Waals surface area contributed by atoms with E-state index in [-0.39, 0.29) is 12.1 Å². The summed E-state index contributed by atoms with van der Waals surface area (Å²) in [7, 11) is 0. The first-order chi connectivity index (χ1) is 9.84. The van der Waals surface area contributed by atoms with Crippen molar-refractivity contribution in [1.29, 1.82) is 0 Å². The average molecular weight is 312 g/mol. The van der Waals surface area contributed by atoms with Gasteiger partial charge in [0.2, 0.25) is 0 Å². The summed E-state index contributed by atoms with van der Waals surface area (Å²) in [5, 5.41) is 21.2. The van der Waals surface area contributed by atoms with Gasteiger partial charge in [-0.2, -0.15) is 0 Å². The Kier molecular flexibility index (Phi) is 4.52. The lowest BCUT2D eigenvalue weighted by Crippen LogP contribution is -2.38. The number of nitro benzene ring substituents is 1. The zero-order valence-electron chi connectivity index (χ0n) is 11.8. The van der Waals surface area contributed by atoms with Crippen LogP contribution in [0.25, 0.3) is 0 Å². The van der Waals surface area contributed by atoms with Gasteiger partial charge in [0.1, 0.15) is 0 Å². The van der Waals surface area contributed by atoms with Crippen molar-refractivity contribution in [3.05, 3.63) is 38.9 Å². The fourth-order valence-electron chi connectivity index (χ4n) is 3.33. The van der Waals surface area contributed by atoms with Crippen LogP contribution in [-0.2, 0) is 11.2 Å². The molecule has 0 radical (unpaired) electrons. The molecule has 1 saturated carbocycles. The summed E-state index contributed by atoms with van der Waals surface area (Å²) in [5.74, 6) is -0.559. The number of hydrogen-bond donors (Lipinski definition) is 1. The molecule has 1 aliphatic rings. The fourth-order valence-corrected chi connectivity index (χ4v) is 3.52. The maximum Gasteiger partial charge on any atom is 0.309 e. The first-order valence-electron chi connectivity index (χ1n) is 7.00. The molecule has 2 atom stereocenters. The Morgan fingerprint density at radius 1 is 1.57 bits per heavy atom. The van der Waals surface area contributed by atoms with Gasteiger partial charge in [-0.1, -0.05) is 31.4 Å².